The molecule has 0 saturated carbocycles. The molecule has 0 atom stereocenters. The Balaban J connectivity index is 1.77. The lowest BCUT2D eigenvalue weighted by molar-refractivity contribution is -0.121. The number of hydrazone groups is 1. The van der Waals surface area contributed by atoms with Crippen LogP contribution in [0.15, 0.2) is 39.2 Å². The Labute approximate surface area is 164 Å². The highest BCUT2D eigenvalue weighted by atomic mass is 16.5. The molecule has 0 aliphatic heterocycles. The minimum absolute atomic E-state index is 0.0858. The summed E-state index contributed by atoms with van der Waals surface area (Å²) in [6, 6.07) is 4.92. The van der Waals surface area contributed by atoms with Gasteiger partial charge in [0.25, 0.3) is 11.5 Å². The third-order valence-corrected chi connectivity index (χ3v) is 4.25. The molecule has 11 nitrogen and oxygen atoms in total. The lowest BCUT2D eigenvalue weighted by Gasteiger charge is -2.07. The highest BCUT2D eigenvalue weighted by Gasteiger charge is 2.15. The zero-order valence-corrected chi connectivity index (χ0v) is 16.1. The minimum Gasteiger partial charge on any atom is -0.504 e. The number of benzene rings is 1. The van der Waals surface area contributed by atoms with E-state index in [1.54, 1.807) is 25.1 Å². The fourth-order valence-electron chi connectivity index (χ4n) is 2.80. The number of nitrogens with zero attached hydrogens (tertiary/aromatic N) is 5. The van der Waals surface area contributed by atoms with Gasteiger partial charge >= 0.3 is 5.69 Å². The molecule has 0 aliphatic carbocycles. The second-order valence-electron chi connectivity index (χ2n) is 6.17. The Morgan fingerprint density at radius 3 is 2.79 bits per heavy atom. The fourth-order valence-corrected chi connectivity index (χ4v) is 2.80. The van der Waals surface area contributed by atoms with E-state index in [1.807, 2.05) is 0 Å². The number of aryl methyl sites for hydroxylation is 1. The highest BCUT2D eigenvalue weighted by Crippen LogP contribution is 2.28. The van der Waals surface area contributed by atoms with Crippen LogP contribution in [0.25, 0.3) is 11.2 Å². The molecule has 2 aromatic heterocycles. The molecule has 29 heavy (non-hydrogen) atoms. The second kappa shape index (κ2) is 8.00. The number of phenolic OH excluding ortho intramolecular Hbond substituents is 1. The van der Waals surface area contributed by atoms with Crippen LogP contribution in [-0.4, -0.2) is 42.5 Å². The van der Waals surface area contributed by atoms with E-state index in [1.165, 1.54) is 35.8 Å². The molecule has 1 amide bonds. The van der Waals surface area contributed by atoms with E-state index in [2.05, 4.69) is 15.5 Å². The molecule has 0 aliphatic rings. The van der Waals surface area contributed by atoms with Crippen LogP contribution in [0.3, 0.4) is 0 Å². The van der Waals surface area contributed by atoms with Gasteiger partial charge < -0.3 is 14.4 Å². The lowest BCUT2D eigenvalue weighted by Crippen LogP contribution is -2.38. The highest BCUT2D eigenvalue weighted by molar-refractivity contribution is 5.86. The Morgan fingerprint density at radius 2 is 2.07 bits per heavy atom. The molecule has 152 valence electrons. The number of rotatable bonds is 6. The fraction of sp³-hybridized carbons (Fsp3) is 0.278. The molecule has 0 saturated heterocycles. The average Bonchev–Trinajstić information content (AvgIpc) is 3.11. The summed E-state index contributed by atoms with van der Waals surface area (Å²) in [5.74, 6) is -0.289. The maximum absolute atomic E-state index is 12.4. The van der Waals surface area contributed by atoms with Crippen LogP contribution in [0.5, 0.6) is 11.5 Å². The quantitative estimate of drug-likeness (QED) is 0.431. The first-order valence-corrected chi connectivity index (χ1v) is 8.72. The number of hydrogen-bond donors (Lipinski definition) is 2. The number of imidazole rings is 1. The molecule has 3 aromatic rings. The second-order valence-corrected chi connectivity index (χ2v) is 6.17. The molecule has 0 unspecified atom stereocenters. The molecule has 0 radical (unpaired) electrons. The molecule has 11 heteroatoms. The Hall–Kier alpha value is -3.89. The normalized spacial score (nSPS) is 11.3. The van der Waals surface area contributed by atoms with E-state index >= 15 is 0 Å². The van der Waals surface area contributed by atoms with Crippen molar-refractivity contribution in [3.05, 3.63) is 50.9 Å². The first-order chi connectivity index (χ1) is 13.8. The number of ether oxygens (including phenoxy) is 1. The molecule has 0 spiro atoms. The summed E-state index contributed by atoms with van der Waals surface area (Å²) in [6.07, 6.45) is 2.59. The summed E-state index contributed by atoms with van der Waals surface area (Å²) in [6.45, 7) is 1.96. The molecule has 1 aromatic carbocycles. The molecular formula is C18H20N6O5. The van der Waals surface area contributed by atoms with Crippen molar-refractivity contribution >= 4 is 23.3 Å². The first kappa shape index (κ1) is 19.9. The molecule has 3 rings (SSSR count). The van der Waals surface area contributed by atoms with Gasteiger partial charge in [0.2, 0.25) is 0 Å². The van der Waals surface area contributed by atoms with Gasteiger partial charge in [-0.25, -0.2) is 15.2 Å². The summed E-state index contributed by atoms with van der Waals surface area (Å²) in [5, 5.41) is 13.9. The van der Waals surface area contributed by atoms with Crippen LogP contribution in [-0.2, 0) is 25.4 Å². The van der Waals surface area contributed by atoms with E-state index in [0.717, 1.165) is 4.57 Å². The van der Waals surface area contributed by atoms with Crippen LogP contribution in [0.1, 0.15) is 12.5 Å². The van der Waals surface area contributed by atoms with Crippen molar-refractivity contribution in [2.75, 3.05) is 6.61 Å². The van der Waals surface area contributed by atoms with E-state index in [4.69, 9.17) is 4.74 Å². The number of amides is 1. The minimum atomic E-state index is -0.547. The Bertz CT molecular complexity index is 1220. The van der Waals surface area contributed by atoms with Crippen molar-refractivity contribution < 1.29 is 14.6 Å². The molecular weight excluding hydrogens is 380 g/mol. The van der Waals surface area contributed by atoms with E-state index in [0.29, 0.717) is 17.9 Å². The number of phenols is 1. The van der Waals surface area contributed by atoms with E-state index in [-0.39, 0.29) is 23.5 Å². The smallest absolute Gasteiger partial charge is 0.332 e. The molecule has 0 bridgehead atoms. The van der Waals surface area contributed by atoms with Crippen molar-refractivity contribution in [3.8, 4) is 11.5 Å². The average molecular weight is 400 g/mol. The number of carbonyl (C=O) groups excluding carboxylic acids is 1. The third-order valence-electron chi connectivity index (χ3n) is 4.25. The summed E-state index contributed by atoms with van der Waals surface area (Å²) in [5.41, 5.74) is 1.97. The topological polar surface area (TPSA) is 133 Å². The maximum Gasteiger partial charge on any atom is 0.332 e. The third kappa shape index (κ3) is 3.74. The SMILES string of the molecule is CCOc1cccc(C=NNC(=O)Cn2cnc3c2c(=O)n(C)c(=O)n3C)c1O. The van der Waals surface area contributed by atoms with Gasteiger partial charge in [-0.1, -0.05) is 6.07 Å². The van der Waals surface area contributed by atoms with Crippen LogP contribution >= 0.6 is 0 Å². The molecule has 0 fully saturated rings. The van der Waals surface area contributed by atoms with Crippen molar-refractivity contribution in [2.45, 2.75) is 13.5 Å². The predicted octanol–water partition coefficient (Wildman–Crippen LogP) is -0.312. The molecule has 2 N–H and O–H groups in total. The predicted molar refractivity (Wildman–Crippen MR) is 105 cm³/mol. The number of hydrogen-bond acceptors (Lipinski definition) is 7. The van der Waals surface area contributed by atoms with Crippen molar-refractivity contribution in [3.63, 3.8) is 0 Å². The lowest BCUT2D eigenvalue weighted by atomic mass is 10.2. The zero-order chi connectivity index (χ0) is 21.1. The number of aromatic nitrogens is 4. The van der Waals surface area contributed by atoms with Crippen LogP contribution < -0.4 is 21.4 Å². The number of para-hydroxylation sites is 1. The summed E-state index contributed by atoms with van der Waals surface area (Å²) in [7, 11) is 2.85. The number of carbonyl (C=O) groups is 1. The van der Waals surface area contributed by atoms with Crippen molar-refractivity contribution in [1.82, 2.24) is 24.1 Å². The van der Waals surface area contributed by atoms with Crippen LogP contribution in [0.2, 0.25) is 0 Å². The first-order valence-electron chi connectivity index (χ1n) is 8.72. The van der Waals surface area contributed by atoms with Crippen molar-refractivity contribution in [1.29, 1.82) is 0 Å². The maximum atomic E-state index is 12.4. The summed E-state index contributed by atoms with van der Waals surface area (Å²) < 4.78 is 8.81. The standard InChI is InChI=1S/C18H20N6O5/c1-4-29-12-7-5-6-11(15(12)26)8-20-21-13(25)9-24-10-19-16-14(24)17(27)23(3)18(28)22(16)2/h5-8,10,26H,4,9H2,1-3H3,(H,21,25). The van der Waals surface area contributed by atoms with Crippen molar-refractivity contribution in [2.24, 2.45) is 19.2 Å². The van der Waals surface area contributed by atoms with E-state index in [9.17, 15) is 19.5 Å². The van der Waals surface area contributed by atoms with Gasteiger partial charge in [-0.15, -0.1) is 0 Å². The number of aromatic hydroxyl groups is 1. The van der Waals surface area contributed by atoms with Crippen LogP contribution in [0.4, 0.5) is 0 Å². The van der Waals surface area contributed by atoms with Crippen LogP contribution in [0, 0.1) is 0 Å². The van der Waals surface area contributed by atoms with E-state index < -0.39 is 17.2 Å². The van der Waals surface area contributed by atoms with Gasteiger partial charge in [0.15, 0.2) is 22.7 Å². The van der Waals surface area contributed by atoms with Gasteiger partial charge in [-0.3, -0.25) is 18.7 Å². The van der Waals surface area contributed by atoms with Gasteiger partial charge in [0.05, 0.1) is 19.1 Å². The largest absolute Gasteiger partial charge is 0.504 e. The van der Waals surface area contributed by atoms with Gasteiger partial charge in [-0.2, -0.15) is 5.10 Å². The van der Waals surface area contributed by atoms with Gasteiger partial charge in [0, 0.05) is 19.7 Å². The monoisotopic (exact) mass is 400 g/mol. The zero-order valence-electron chi connectivity index (χ0n) is 16.1. The molecule has 2 heterocycles. The Kier molecular flexibility index (Phi) is 5.48. The Morgan fingerprint density at radius 1 is 1.31 bits per heavy atom. The number of fused-ring (bicyclic) bond motifs is 1. The summed E-state index contributed by atoms with van der Waals surface area (Å²) >= 11 is 0. The van der Waals surface area contributed by atoms with Gasteiger partial charge in [0.1, 0.15) is 6.54 Å². The van der Waals surface area contributed by atoms with Gasteiger partial charge in [-0.05, 0) is 19.1 Å². The number of nitrogens with one attached hydrogen (secondary N) is 1. The summed E-state index contributed by atoms with van der Waals surface area (Å²) in [4.78, 5) is 40.6.